The molecule has 1 saturated carbocycles. The van der Waals surface area contributed by atoms with Gasteiger partial charge in [0.2, 0.25) is 5.91 Å². The summed E-state index contributed by atoms with van der Waals surface area (Å²) in [5.41, 5.74) is 5.00. The van der Waals surface area contributed by atoms with Crippen LogP contribution in [0, 0.1) is 5.92 Å². The normalized spacial score (nSPS) is 25.9. The van der Waals surface area contributed by atoms with Crippen LogP contribution >= 0.6 is 0 Å². The summed E-state index contributed by atoms with van der Waals surface area (Å²) in [7, 11) is 0. The van der Waals surface area contributed by atoms with Gasteiger partial charge in [-0.3, -0.25) is 4.79 Å². The van der Waals surface area contributed by atoms with Crippen LogP contribution in [0.1, 0.15) is 57.8 Å². The number of rotatable bonds is 5. The number of hydrogen-bond donors (Lipinski definition) is 2. The van der Waals surface area contributed by atoms with Gasteiger partial charge in [0, 0.05) is 25.6 Å². The second-order valence-electron chi connectivity index (χ2n) is 6.09. The van der Waals surface area contributed by atoms with Gasteiger partial charge in [0.05, 0.1) is 0 Å². The first kappa shape index (κ1) is 15.1. The molecule has 2 aliphatic rings. The number of carbonyl (C=O) groups is 2. The molecule has 1 aliphatic heterocycles. The number of nitrogens with two attached hydrogens (primary N) is 1. The summed E-state index contributed by atoms with van der Waals surface area (Å²) >= 11 is 0. The molecule has 20 heavy (non-hydrogen) atoms. The molecule has 5 heteroatoms. The van der Waals surface area contributed by atoms with Crippen molar-refractivity contribution in [3.63, 3.8) is 0 Å². The van der Waals surface area contributed by atoms with Crippen LogP contribution in [-0.4, -0.2) is 36.0 Å². The van der Waals surface area contributed by atoms with E-state index in [-0.39, 0.29) is 0 Å². The standard InChI is InChI=1S/C15H27N3O2/c16-15(20)17-10-4-3-9-14(19)18-11-5-7-12-6-1-2-8-13(12)18/h12-13H,1-11H2,(H3,16,17,20). The van der Waals surface area contributed by atoms with Crippen molar-refractivity contribution in [2.75, 3.05) is 13.1 Å². The molecule has 5 nitrogen and oxygen atoms in total. The lowest BCUT2D eigenvalue weighted by molar-refractivity contribution is -0.137. The number of unbranched alkanes of at least 4 members (excludes halogenated alkanes) is 1. The molecular formula is C15H27N3O2. The molecule has 0 radical (unpaired) electrons. The van der Waals surface area contributed by atoms with Crippen molar-refractivity contribution in [1.82, 2.24) is 10.2 Å². The van der Waals surface area contributed by atoms with E-state index in [4.69, 9.17) is 5.73 Å². The molecule has 0 aromatic heterocycles. The van der Waals surface area contributed by atoms with Crippen molar-refractivity contribution in [2.45, 2.75) is 63.8 Å². The molecular weight excluding hydrogens is 254 g/mol. The second kappa shape index (κ2) is 7.50. The first-order valence-corrected chi connectivity index (χ1v) is 8.01. The summed E-state index contributed by atoms with van der Waals surface area (Å²) in [5.74, 6) is 1.05. The Morgan fingerprint density at radius 1 is 1.10 bits per heavy atom. The zero-order valence-corrected chi connectivity index (χ0v) is 12.3. The first-order chi connectivity index (χ1) is 9.68. The van der Waals surface area contributed by atoms with E-state index in [0.717, 1.165) is 31.7 Å². The van der Waals surface area contributed by atoms with Gasteiger partial charge in [-0.15, -0.1) is 0 Å². The molecule has 2 fully saturated rings. The molecule has 2 atom stereocenters. The van der Waals surface area contributed by atoms with Crippen molar-refractivity contribution in [2.24, 2.45) is 11.7 Å². The van der Waals surface area contributed by atoms with Gasteiger partial charge in [0.25, 0.3) is 0 Å². The Bertz CT molecular complexity index is 344. The Morgan fingerprint density at radius 2 is 1.85 bits per heavy atom. The van der Waals surface area contributed by atoms with Gasteiger partial charge in [-0.2, -0.15) is 0 Å². The molecule has 1 aliphatic carbocycles. The summed E-state index contributed by atoms with van der Waals surface area (Å²) in [6.07, 6.45) is 9.81. The summed E-state index contributed by atoms with van der Waals surface area (Å²) in [6, 6.07) is 0.0196. The lowest BCUT2D eigenvalue weighted by Gasteiger charge is -2.44. The summed E-state index contributed by atoms with van der Waals surface area (Å²) in [4.78, 5) is 25.0. The van der Waals surface area contributed by atoms with Crippen LogP contribution in [-0.2, 0) is 4.79 Å². The average Bonchev–Trinajstić information content (AvgIpc) is 2.45. The third kappa shape index (κ3) is 4.12. The maximum Gasteiger partial charge on any atom is 0.312 e. The summed E-state index contributed by atoms with van der Waals surface area (Å²) in [6.45, 7) is 1.51. The number of fused-ring (bicyclic) bond motifs is 1. The molecule has 2 rings (SSSR count). The monoisotopic (exact) mass is 281 g/mol. The highest BCUT2D eigenvalue weighted by Gasteiger charge is 2.35. The van der Waals surface area contributed by atoms with E-state index in [2.05, 4.69) is 10.2 Å². The third-order valence-corrected chi connectivity index (χ3v) is 4.68. The quantitative estimate of drug-likeness (QED) is 0.756. The van der Waals surface area contributed by atoms with E-state index in [1.165, 1.54) is 32.1 Å². The van der Waals surface area contributed by atoms with E-state index in [0.29, 0.717) is 24.9 Å². The number of piperidine rings is 1. The van der Waals surface area contributed by atoms with Crippen molar-refractivity contribution >= 4 is 11.9 Å². The van der Waals surface area contributed by atoms with E-state index >= 15 is 0 Å². The van der Waals surface area contributed by atoms with Gasteiger partial charge in [-0.05, 0) is 44.4 Å². The minimum absolute atomic E-state index is 0.306. The lowest BCUT2D eigenvalue weighted by Crippen LogP contribution is -2.49. The number of amides is 3. The maximum absolute atomic E-state index is 12.4. The van der Waals surface area contributed by atoms with Crippen LogP contribution in [0.5, 0.6) is 0 Å². The third-order valence-electron chi connectivity index (χ3n) is 4.68. The minimum atomic E-state index is -0.489. The Kier molecular flexibility index (Phi) is 5.68. The molecule has 2 unspecified atom stereocenters. The largest absolute Gasteiger partial charge is 0.352 e. The maximum atomic E-state index is 12.4. The fourth-order valence-electron chi connectivity index (χ4n) is 3.69. The minimum Gasteiger partial charge on any atom is -0.352 e. The van der Waals surface area contributed by atoms with Crippen LogP contribution in [0.25, 0.3) is 0 Å². The highest BCUT2D eigenvalue weighted by atomic mass is 16.2. The Balaban J connectivity index is 1.72. The molecule has 0 aromatic rings. The van der Waals surface area contributed by atoms with E-state index in [1.54, 1.807) is 0 Å². The van der Waals surface area contributed by atoms with Gasteiger partial charge in [0.15, 0.2) is 0 Å². The fraction of sp³-hybridized carbons (Fsp3) is 0.867. The SMILES string of the molecule is NC(=O)NCCCCC(=O)N1CCCC2CCCCC21. The lowest BCUT2D eigenvalue weighted by atomic mass is 9.78. The molecule has 1 saturated heterocycles. The van der Waals surface area contributed by atoms with Crippen molar-refractivity contribution in [3.8, 4) is 0 Å². The zero-order valence-electron chi connectivity index (χ0n) is 12.3. The van der Waals surface area contributed by atoms with Gasteiger partial charge < -0.3 is 16.0 Å². The number of urea groups is 1. The van der Waals surface area contributed by atoms with Gasteiger partial charge in [-0.25, -0.2) is 4.79 Å². The molecule has 3 amide bonds. The van der Waals surface area contributed by atoms with Crippen LogP contribution in [0.2, 0.25) is 0 Å². The predicted octanol–water partition coefficient (Wildman–Crippen LogP) is 2.01. The Hall–Kier alpha value is -1.26. The summed E-state index contributed by atoms with van der Waals surface area (Å²) < 4.78 is 0. The fourth-order valence-corrected chi connectivity index (χ4v) is 3.69. The van der Waals surface area contributed by atoms with Crippen LogP contribution in [0.4, 0.5) is 4.79 Å². The molecule has 0 aromatic carbocycles. The number of nitrogens with zero attached hydrogens (tertiary/aromatic N) is 1. The van der Waals surface area contributed by atoms with Crippen molar-refractivity contribution in [1.29, 1.82) is 0 Å². The summed E-state index contributed by atoms with van der Waals surface area (Å²) in [5, 5.41) is 2.56. The van der Waals surface area contributed by atoms with Crippen molar-refractivity contribution in [3.05, 3.63) is 0 Å². The van der Waals surface area contributed by atoms with Gasteiger partial charge in [-0.1, -0.05) is 12.8 Å². The number of nitrogens with one attached hydrogen (secondary N) is 1. The van der Waals surface area contributed by atoms with Gasteiger partial charge in [0.1, 0.15) is 0 Å². The molecule has 1 heterocycles. The van der Waals surface area contributed by atoms with Gasteiger partial charge >= 0.3 is 6.03 Å². The highest BCUT2D eigenvalue weighted by Crippen LogP contribution is 2.35. The topological polar surface area (TPSA) is 75.4 Å². The highest BCUT2D eigenvalue weighted by molar-refractivity contribution is 5.76. The molecule has 114 valence electrons. The average molecular weight is 281 g/mol. The zero-order chi connectivity index (χ0) is 14.4. The molecule has 0 bridgehead atoms. The molecule has 3 N–H and O–H groups in total. The van der Waals surface area contributed by atoms with Crippen LogP contribution in [0.15, 0.2) is 0 Å². The number of primary amides is 1. The Morgan fingerprint density at radius 3 is 2.65 bits per heavy atom. The van der Waals surface area contributed by atoms with E-state index in [1.807, 2.05) is 0 Å². The number of likely N-dealkylation sites (tertiary alicyclic amines) is 1. The first-order valence-electron chi connectivity index (χ1n) is 8.01. The number of carbonyl (C=O) groups excluding carboxylic acids is 2. The van der Waals surface area contributed by atoms with E-state index in [9.17, 15) is 9.59 Å². The van der Waals surface area contributed by atoms with Crippen LogP contribution in [0.3, 0.4) is 0 Å². The van der Waals surface area contributed by atoms with Crippen LogP contribution < -0.4 is 11.1 Å². The van der Waals surface area contributed by atoms with E-state index < -0.39 is 6.03 Å². The predicted molar refractivity (Wildman–Crippen MR) is 78.1 cm³/mol. The Labute approximate surface area is 121 Å². The number of hydrogen-bond acceptors (Lipinski definition) is 2. The smallest absolute Gasteiger partial charge is 0.312 e. The second-order valence-corrected chi connectivity index (χ2v) is 6.09. The van der Waals surface area contributed by atoms with Crippen molar-refractivity contribution < 1.29 is 9.59 Å². The molecule has 0 spiro atoms.